The number of rotatable bonds is 3. The second-order valence-electron chi connectivity index (χ2n) is 8.71. The fourth-order valence-electron chi connectivity index (χ4n) is 3.01. The summed E-state index contributed by atoms with van der Waals surface area (Å²) >= 11 is 0. The molecule has 6 nitrogen and oxygen atoms in total. The van der Waals surface area contributed by atoms with E-state index in [-0.39, 0.29) is 18.4 Å². The molecule has 1 N–H and O–H groups in total. The minimum Gasteiger partial charge on any atom is -0.488 e. The first kappa shape index (κ1) is 20.1. The molecule has 2 atom stereocenters. The van der Waals surface area contributed by atoms with Crippen LogP contribution < -0.4 is 4.74 Å². The molecule has 0 aromatic heterocycles. The number of carboxylic acid groups (broad SMARTS) is 1. The van der Waals surface area contributed by atoms with E-state index in [1.54, 1.807) is 20.8 Å². The Balaban J connectivity index is 2.18. The second kappa shape index (κ2) is 7.17. The zero-order chi connectivity index (χ0) is 19.7. The van der Waals surface area contributed by atoms with Gasteiger partial charge in [-0.15, -0.1) is 0 Å². The van der Waals surface area contributed by atoms with E-state index < -0.39 is 29.8 Å². The van der Waals surface area contributed by atoms with Crippen molar-refractivity contribution in [3.63, 3.8) is 0 Å². The van der Waals surface area contributed by atoms with Gasteiger partial charge in [0.2, 0.25) is 0 Å². The third-order valence-electron chi connectivity index (χ3n) is 4.16. The van der Waals surface area contributed by atoms with Crippen LogP contribution in [0.5, 0.6) is 5.75 Å². The Morgan fingerprint density at radius 2 is 1.73 bits per heavy atom. The molecule has 0 aliphatic carbocycles. The number of aliphatic carboxylic acids is 1. The van der Waals surface area contributed by atoms with Crippen LogP contribution in [0.15, 0.2) is 24.3 Å². The molecular formula is C20H29NO5. The van der Waals surface area contributed by atoms with Crippen LogP contribution in [0.25, 0.3) is 0 Å². The second-order valence-corrected chi connectivity index (χ2v) is 8.71. The minimum absolute atomic E-state index is 0.105. The van der Waals surface area contributed by atoms with Gasteiger partial charge in [-0.05, 0) is 37.8 Å². The van der Waals surface area contributed by atoms with E-state index in [4.69, 9.17) is 9.47 Å². The van der Waals surface area contributed by atoms with Gasteiger partial charge in [0.15, 0.2) is 0 Å². The van der Waals surface area contributed by atoms with Crippen molar-refractivity contribution < 1.29 is 24.2 Å². The Hall–Kier alpha value is -2.24. The van der Waals surface area contributed by atoms with Crippen molar-refractivity contribution >= 4 is 12.1 Å². The van der Waals surface area contributed by atoms with Gasteiger partial charge >= 0.3 is 12.1 Å². The lowest BCUT2D eigenvalue weighted by Gasteiger charge is -2.27. The van der Waals surface area contributed by atoms with Gasteiger partial charge in [-0.2, -0.15) is 0 Å². The molecule has 2 rings (SSSR count). The maximum Gasteiger partial charge on any atom is 0.411 e. The van der Waals surface area contributed by atoms with Gasteiger partial charge in [-0.25, -0.2) is 9.59 Å². The summed E-state index contributed by atoms with van der Waals surface area (Å²) in [6.07, 6.45) is -0.792. The summed E-state index contributed by atoms with van der Waals surface area (Å²) in [5.74, 6) is -0.328. The number of ether oxygens (including phenoxy) is 2. The standard InChI is InChI=1S/C20H29NO5/c1-19(2,3)14-9-7-8-10-16(14)25-13-11-15(17(22)23)21(12-13)18(24)26-20(4,5)6/h7-10,13,15H,11-12H2,1-6H3,(H,22,23)/t13-,15+/m1/s1. The minimum atomic E-state index is -1.05. The number of amides is 1. The Morgan fingerprint density at radius 1 is 1.12 bits per heavy atom. The average molecular weight is 363 g/mol. The summed E-state index contributed by atoms with van der Waals surface area (Å²) in [5, 5.41) is 9.49. The van der Waals surface area contributed by atoms with Crippen molar-refractivity contribution in [2.24, 2.45) is 0 Å². The lowest BCUT2D eigenvalue weighted by Crippen LogP contribution is -2.43. The lowest BCUT2D eigenvalue weighted by atomic mass is 9.86. The number of nitrogens with zero attached hydrogens (tertiary/aromatic N) is 1. The molecule has 0 spiro atoms. The van der Waals surface area contributed by atoms with Crippen molar-refractivity contribution in [3.8, 4) is 5.75 Å². The molecule has 0 unspecified atom stereocenters. The molecule has 1 aromatic carbocycles. The molecule has 1 fully saturated rings. The maximum atomic E-state index is 12.4. The van der Waals surface area contributed by atoms with Gasteiger partial charge in [0.1, 0.15) is 23.5 Å². The number of carbonyl (C=O) groups is 2. The van der Waals surface area contributed by atoms with Crippen LogP contribution in [0.3, 0.4) is 0 Å². The quantitative estimate of drug-likeness (QED) is 0.883. The highest BCUT2D eigenvalue weighted by Crippen LogP contribution is 2.33. The largest absolute Gasteiger partial charge is 0.488 e. The molecular weight excluding hydrogens is 334 g/mol. The van der Waals surface area contributed by atoms with E-state index in [2.05, 4.69) is 20.8 Å². The molecule has 1 aromatic rings. The molecule has 6 heteroatoms. The first-order chi connectivity index (χ1) is 11.9. The van der Waals surface area contributed by atoms with E-state index in [0.29, 0.717) is 0 Å². The number of benzene rings is 1. The molecule has 1 amide bonds. The Kier molecular flexibility index (Phi) is 5.54. The monoisotopic (exact) mass is 363 g/mol. The third kappa shape index (κ3) is 4.90. The summed E-state index contributed by atoms with van der Waals surface area (Å²) < 4.78 is 11.5. The van der Waals surface area contributed by atoms with E-state index in [1.807, 2.05) is 24.3 Å². The number of likely N-dealkylation sites (tertiary alicyclic amines) is 1. The molecule has 0 saturated carbocycles. The van der Waals surface area contributed by atoms with Gasteiger partial charge in [0, 0.05) is 6.42 Å². The average Bonchev–Trinajstić information content (AvgIpc) is 2.89. The molecule has 1 saturated heterocycles. The maximum absolute atomic E-state index is 12.4. The summed E-state index contributed by atoms with van der Waals surface area (Å²) in [4.78, 5) is 25.2. The van der Waals surface area contributed by atoms with Crippen LogP contribution >= 0.6 is 0 Å². The third-order valence-corrected chi connectivity index (χ3v) is 4.16. The van der Waals surface area contributed by atoms with E-state index in [1.165, 1.54) is 4.90 Å². The van der Waals surface area contributed by atoms with Crippen molar-refractivity contribution in [2.75, 3.05) is 6.54 Å². The zero-order valence-corrected chi connectivity index (χ0v) is 16.4. The number of hydrogen-bond acceptors (Lipinski definition) is 4. The van der Waals surface area contributed by atoms with Crippen LogP contribution in [0.4, 0.5) is 4.79 Å². The molecule has 1 heterocycles. The lowest BCUT2D eigenvalue weighted by molar-refractivity contribution is -0.142. The van der Waals surface area contributed by atoms with E-state index >= 15 is 0 Å². The molecule has 0 radical (unpaired) electrons. The van der Waals surface area contributed by atoms with Crippen LogP contribution in [0, 0.1) is 0 Å². The fraction of sp³-hybridized carbons (Fsp3) is 0.600. The van der Waals surface area contributed by atoms with Gasteiger partial charge in [-0.3, -0.25) is 4.90 Å². The molecule has 0 bridgehead atoms. The molecule has 1 aliphatic heterocycles. The Labute approximate surface area is 155 Å². The predicted octanol–water partition coefficient (Wildman–Crippen LogP) is 3.83. The highest BCUT2D eigenvalue weighted by atomic mass is 16.6. The number of hydrogen-bond donors (Lipinski definition) is 1. The van der Waals surface area contributed by atoms with Crippen molar-refractivity contribution in [3.05, 3.63) is 29.8 Å². The number of para-hydroxylation sites is 1. The van der Waals surface area contributed by atoms with Gasteiger partial charge < -0.3 is 14.6 Å². The Bertz CT molecular complexity index is 672. The topological polar surface area (TPSA) is 76.1 Å². The highest BCUT2D eigenvalue weighted by Gasteiger charge is 2.43. The van der Waals surface area contributed by atoms with E-state index in [0.717, 1.165) is 11.3 Å². The van der Waals surface area contributed by atoms with Gasteiger partial charge in [-0.1, -0.05) is 39.0 Å². The van der Waals surface area contributed by atoms with Gasteiger partial charge in [0.25, 0.3) is 0 Å². The van der Waals surface area contributed by atoms with Crippen molar-refractivity contribution in [1.29, 1.82) is 0 Å². The summed E-state index contributed by atoms with van der Waals surface area (Å²) in [7, 11) is 0. The first-order valence-electron chi connectivity index (χ1n) is 8.87. The van der Waals surface area contributed by atoms with Crippen molar-refractivity contribution in [1.82, 2.24) is 4.90 Å². The number of carboxylic acids is 1. The SMILES string of the molecule is CC(C)(C)OC(=O)N1C[C@H](Oc2ccccc2C(C)(C)C)C[C@H]1C(=O)O. The fourth-order valence-corrected chi connectivity index (χ4v) is 3.01. The van der Waals surface area contributed by atoms with Crippen LogP contribution in [0.1, 0.15) is 53.5 Å². The summed E-state index contributed by atoms with van der Waals surface area (Å²) in [6.45, 7) is 11.7. The Morgan fingerprint density at radius 3 is 2.27 bits per heavy atom. The number of carbonyl (C=O) groups excluding carboxylic acids is 1. The van der Waals surface area contributed by atoms with Crippen LogP contribution in [-0.4, -0.2) is 46.4 Å². The first-order valence-corrected chi connectivity index (χ1v) is 8.87. The molecule has 26 heavy (non-hydrogen) atoms. The van der Waals surface area contributed by atoms with Crippen LogP contribution in [0.2, 0.25) is 0 Å². The smallest absolute Gasteiger partial charge is 0.411 e. The highest BCUT2D eigenvalue weighted by molar-refractivity contribution is 5.81. The zero-order valence-electron chi connectivity index (χ0n) is 16.4. The molecule has 144 valence electrons. The van der Waals surface area contributed by atoms with Gasteiger partial charge in [0.05, 0.1) is 6.54 Å². The summed E-state index contributed by atoms with van der Waals surface area (Å²) in [5.41, 5.74) is 0.257. The van der Waals surface area contributed by atoms with E-state index in [9.17, 15) is 14.7 Å². The summed E-state index contributed by atoms with van der Waals surface area (Å²) in [6, 6.07) is 6.78. The van der Waals surface area contributed by atoms with Crippen molar-refractivity contribution in [2.45, 2.75) is 71.1 Å². The molecule has 1 aliphatic rings. The van der Waals surface area contributed by atoms with Crippen LogP contribution in [-0.2, 0) is 14.9 Å². The predicted molar refractivity (Wildman–Crippen MR) is 98.5 cm³/mol. The normalized spacial score (nSPS) is 20.8.